The molecule has 0 atom stereocenters. The molecule has 3 aromatic rings. The lowest BCUT2D eigenvalue weighted by Crippen LogP contribution is -2.39. The number of benzene rings is 1. The van der Waals surface area contributed by atoms with Gasteiger partial charge in [0.1, 0.15) is 11.2 Å². The number of nitrogen functional groups attached to an aromatic ring is 1. The minimum Gasteiger partial charge on any atom is -0.459 e. The summed E-state index contributed by atoms with van der Waals surface area (Å²) in [5, 5.41) is 0. The molecule has 12 heteroatoms. The lowest BCUT2D eigenvalue weighted by Gasteiger charge is -2.30. The first kappa shape index (κ1) is 47.5. The minimum absolute atomic E-state index is 0.0366. The minimum atomic E-state index is -0.558. The van der Waals surface area contributed by atoms with E-state index in [0.717, 1.165) is 50.4 Å². The van der Waals surface area contributed by atoms with Crippen molar-refractivity contribution in [1.82, 2.24) is 24.7 Å². The monoisotopic (exact) mass is 900 g/mol. The van der Waals surface area contributed by atoms with Gasteiger partial charge in [0.15, 0.2) is 0 Å². The number of rotatable bonds is 17. The van der Waals surface area contributed by atoms with E-state index in [2.05, 4.69) is 112 Å². The van der Waals surface area contributed by atoms with E-state index in [-0.39, 0.29) is 35.9 Å². The number of hydrogen-bond donors (Lipinski definition) is 1. The molecule has 0 unspecified atom stereocenters. The van der Waals surface area contributed by atoms with E-state index in [1.54, 1.807) is 0 Å². The van der Waals surface area contributed by atoms with Crippen LogP contribution in [0.3, 0.4) is 0 Å². The molecule has 0 radical (unpaired) electrons. The molecule has 2 heterocycles. The lowest BCUT2D eigenvalue weighted by molar-refractivity contribution is -0.157. The molecule has 0 saturated heterocycles. The molecular formula is C44H66Br2N6O4. The second-order valence-electron chi connectivity index (χ2n) is 19.3. The summed E-state index contributed by atoms with van der Waals surface area (Å²) in [6.45, 7) is 29.0. The van der Waals surface area contributed by atoms with Gasteiger partial charge in [-0.2, -0.15) is 0 Å². The van der Waals surface area contributed by atoms with Crippen LogP contribution in [0, 0.1) is 10.8 Å². The zero-order chi connectivity index (χ0) is 42.1. The van der Waals surface area contributed by atoms with Crippen molar-refractivity contribution in [3.05, 3.63) is 85.8 Å². The number of carbonyl (C=O) groups excluding carboxylic acids is 2. The molecule has 0 fully saturated rings. The topological polar surface area (TPSA) is 114 Å². The van der Waals surface area contributed by atoms with E-state index >= 15 is 0 Å². The van der Waals surface area contributed by atoms with Crippen molar-refractivity contribution in [1.29, 1.82) is 0 Å². The maximum Gasteiger partial charge on any atom is 0.320 e. The smallest absolute Gasteiger partial charge is 0.320 e. The predicted molar refractivity (Wildman–Crippen MR) is 234 cm³/mol. The zero-order valence-corrected chi connectivity index (χ0v) is 39.1. The van der Waals surface area contributed by atoms with Crippen LogP contribution in [0.2, 0.25) is 0 Å². The summed E-state index contributed by atoms with van der Waals surface area (Å²) in [6.07, 6.45) is 0.812. The Morgan fingerprint density at radius 3 is 1.25 bits per heavy atom. The van der Waals surface area contributed by atoms with Gasteiger partial charge in [-0.1, -0.05) is 85.5 Å². The van der Waals surface area contributed by atoms with Crippen LogP contribution in [0.15, 0.2) is 57.5 Å². The molecule has 0 bridgehead atoms. The number of ether oxygens (including phenoxy) is 2. The summed E-state index contributed by atoms with van der Waals surface area (Å²) in [5.41, 5.74) is 10.3. The fraction of sp³-hybridized carbons (Fsp3) is 0.591. The highest BCUT2D eigenvalue weighted by Crippen LogP contribution is 2.23. The molecule has 0 aliphatic rings. The van der Waals surface area contributed by atoms with Gasteiger partial charge in [0.2, 0.25) is 0 Å². The molecule has 56 heavy (non-hydrogen) atoms. The lowest BCUT2D eigenvalue weighted by atomic mass is 9.96. The Bertz CT molecular complexity index is 1640. The summed E-state index contributed by atoms with van der Waals surface area (Å²) in [6, 6.07) is 16.2. The van der Waals surface area contributed by atoms with Crippen molar-refractivity contribution in [2.45, 2.75) is 127 Å². The number of anilines is 1. The third kappa shape index (κ3) is 20.0. The Morgan fingerprint density at radius 2 is 0.929 bits per heavy atom. The summed E-state index contributed by atoms with van der Waals surface area (Å²) in [5.74, 6) is -0.504. The fourth-order valence-electron chi connectivity index (χ4n) is 6.43. The zero-order valence-electron chi connectivity index (χ0n) is 35.9. The number of carbonyl (C=O) groups is 2. The van der Waals surface area contributed by atoms with Gasteiger partial charge in [0.25, 0.3) is 0 Å². The molecule has 3 rings (SSSR count). The number of hydrogen-bond acceptors (Lipinski definition) is 10. The maximum atomic E-state index is 12.9. The molecule has 2 N–H and O–H groups in total. The van der Waals surface area contributed by atoms with Gasteiger partial charge < -0.3 is 15.2 Å². The van der Waals surface area contributed by atoms with Gasteiger partial charge in [0, 0.05) is 60.4 Å². The molecule has 0 aliphatic heterocycles. The van der Waals surface area contributed by atoms with Crippen molar-refractivity contribution >= 4 is 49.5 Å². The van der Waals surface area contributed by atoms with Crippen molar-refractivity contribution in [2.24, 2.45) is 10.8 Å². The first-order chi connectivity index (χ1) is 25.7. The number of aromatic nitrogens is 2. The van der Waals surface area contributed by atoms with E-state index in [0.29, 0.717) is 39.3 Å². The van der Waals surface area contributed by atoms with E-state index in [9.17, 15) is 9.59 Å². The highest BCUT2D eigenvalue weighted by molar-refractivity contribution is 9.10. The average molecular weight is 903 g/mol. The molecule has 2 aromatic heterocycles. The number of nitrogens with two attached hydrogens (primary N) is 1. The summed E-state index contributed by atoms with van der Waals surface area (Å²) in [7, 11) is 0. The van der Waals surface area contributed by atoms with E-state index in [4.69, 9.17) is 25.2 Å². The van der Waals surface area contributed by atoms with Gasteiger partial charge >= 0.3 is 11.9 Å². The van der Waals surface area contributed by atoms with Gasteiger partial charge in [-0.15, -0.1) is 0 Å². The highest BCUT2D eigenvalue weighted by atomic mass is 79.9. The van der Waals surface area contributed by atoms with Crippen LogP contribution in [0.4, 0.5) is 5.69 Å². The van der Waals surface area contributed by atoms with Crippen molar-refractivity contribution < 1.29 is 19.1 Å². The number of esters is 2. The molecular weight excluding hydrogens is 836 g/mol. The molecule has 0 aliphatic carbocycles. The molecule has 0 saturated carbocycles. The second kappa shape index (κ2) is 20.2. The summed E-state index contributed by atoms with van der Waals surface area (Å²) >= 11 is 7.51. The molecule has 10 nitrogen and oxygen atoms in total. The average Bonchev–Trinajstić information content (AvgIpc) is 2.96. The van der Waals surface area contributed by atoms with Crippen LogP contribution in [0.1, 0.15) is 111 Å². The van der Waals surface area contributed by atoms with Crippen LogP contribution in [-0.4, -0.2) is 80.5 Å². The van der Waals surface area contributed by atoms with Crippen LogP contribution >= 0.6 is 31.9 Å². The molecule has 0 amide bonds. The van der Waals surface area contributed by atoms with Crippen molar-refractivity contribution in [2.75, 3.05) is 38.5 Å². The summed E-state index contributed by atoms with van der Waals surface area (Å²) < 4.78 is 13.2. The Labute approximate surface area is 353 Å². The van der Waals surface area contributed by atoms with Crippen LogP contribution in [0.5, 0.6) is 0 Å². The molecule has 0 spiro atoms. The largest absolute Gasteiger partial charge is 0.459 e. The van der Waals surface area contributed by atoms with Gasteiger partial charge in [-0.25, -0.2) is 0 Å². The van der Waals surface area contributed by atoms with E-state index in [1.807, 2.05) is 65.8 Å². The Balaban J connectivity index is 1.91. The fourth-order valence-corrected chi connectivity index (χ4v) is 7.49. The maximum absolute atomic E-state index is 12.9. The van der Waals surface area contributed by atoms with Crippen LogP contribution < -0.4 is 5.73 Å². The first-order valence-corrected chi connectivity index (χ1v) is 21.0. The van der Waals surface area contributed by atoms with Crippen molar-refractivity contribution in [3.8, 4) is 0 Å². The van der Waals surface area contributed by atoms with Gasteiger partial charge in [0.05, 0.1) is 35.9 Å². The Hall–Kier alpha value is -2.90. The van der Waals surface area contributed by atoms with Crippen LogP contribution in [0.25, 0.3) is 0 Å². The van der Waals surface area contributed by atoms with E-state index < -0.39 is 11.2 Å². The van der Waals surface area contributed by atoms with Gasteiger partial charge in [-0.05, 0) is 101 Å². The van der Waals surface area contributed by atoms with E-state index in [1.165, 1.54) is 5.56 Å². The molecule has 310 valence electrons. The first-order valence-electron chi connectivity index (χ1n) is 19.4. The number of halogens is 2. The third-order valence-corrected chi connectivity index (χ3v) is 8.89. The predicted octanol–water partition coefficient (Wildman–Crippen LogP) is 9.21. The normalized spacial score (nSPS) is 12.8. The SMILES string of the molecule is CC(C)(C)CN(CC(=O)OC(C)(C)C)Cc1cc(Br)cc(CN(CCc2ccc(N)cc2)Cc2cc(Br)cc(CN(CC(=O)OC(C)(C)C)CC(C)(C)C)n2)n1. The number of pyridine rings is 2. The standard InChI is InChI=1S/C44H66Br2N6O4/c1-41(2,3)29-51(27-39(53)55-43(7,8)9)25-37-21-32(45)19-35(48-37)23-50(18-17-31-13-15-34(47)16-14-31)24-36-20-33(46)22-38(49-36)26-52(30-42(4,5)6)28-40(54)56-44(10,11)12/h13-16,19-22H,17-18,23-30,47H2,1-12H3. The van der Waals surface area contributed by atoms with Crippen LogP contribution in [-0.2, 0) is 51.7 Å². The van der Waals surface area contributed by atoms with Gasteiger partial charge in [-0.3, -0.25) is 34.3 Å². The Kier molecular flexibility index (Phi) is 17.1. The second-order valence-corrected chi connectivity index (χ2v) is 21.2. The Morgan fingerprint density at radius 1 is 0.589 bits per heavy atom. The quantitative estimate of drug-likeness (QED) is 0.104. The molecule has 1 aromatic carbocycles. The number of nitrogens with zero attached hydrogens (tertiary/aromatic N) is 5. The third-order valence-electron chi connectivity index (χ3n) is 7.97. The highest BCUT2D eigenvalue weighted by Gasteiger charge is 2.25. The summed E-state index contributed by atoms with van der Waals surface area (Å²) in [4.78, 5) is 42.7. The van der Waals surface area contributed by atoms with Crippen molar-refractivity contribution in [3.63, 3.8) is 0 Å².